The van der Waals surface area contributed by atoms with Crippen molar-refractivity contribution in [3.05, 3.63) is 65.5 Å². The van der Waals surface area contributed by atoms with Crippen LogP contribution in [0.2, 0.25) is 0 Å². The van der Waals surface area contributed by atoms with E-state index in [9.17, 15) is 0 Å². The summed E-state index contributed by atoms with van der Waals surface area (Å²) in [6.07, 6.45) is 0. The first-order valence-corrected chi connectivity index (χ1v) is 8.83. The van der Waals surface area contributed by atoms with Crippen molar-refractivity contribution in [3.8, 4) is 27.1 Å². The zero-order valence-corrected chi connectivity index (χ0v) is 15.1. The Morgan fingerprint density at radius 3 is 2.00 bits per heavy atom. The fraction of sp³-hybridized carbons (Fsp3) is 0.158. The highest BCUT2D eigenvalue weighted by molar-refractivity contribution is 7.17. The molecule has 0 amide bonds. The molecule has 6 heteroatoms. The van der Waals surface area contributed by atoms with Gasteiger partial charge in [-0.3, -0.25) is 0 Å². The minimum absolute atomic E-state index is 0.699. The maximum absolute atomic E-state index is 4.61. The quantitative estimate of drug-likeness (QED) is 0.552. The summed E-state index contributed by atoms with van der Waals surface area (Å²) in [6.45, 7) is 6.06. The van der Waals surface area contributed by atoms with Crippen LogP contribution in [0.3, 0.4) is 0 Å². The maximum atomic E-state index is 4.61. The number of aryl methyl sites for hydroxylation is 3. The average Bonchev–Trinajstić information content (AvgIpc) is 3.23. The van der Waals surface area contributed by atoms with Crippen LogP contribution in [-0.4, -0.2) is 25.0 Å². The molecule has 0 N–H and O–H groups in total. The molecular formula is C19H17N5S. The molecule has 2 aromatic heterocycles. The molecule has 2 heterocycles. The summed E-state index contributed by atoms with van der Waals surface area (Å²) >= 11 is 1.51. The van der Waals surface area contributed by atoms with Gasteiger partial charge >= 0.3 is 0 Å². The Balaban J connectivity index is 1.69. The molecule has 124 valence electrons. The van der Waals surface area contributed by atoms with Crippen LogP contribution >= 0.6 is 11.3 Å². The van der Waals surface area contributed by atoms with Gasteiger partial charge in [-0.1, -0.05) is 71.0 Å². The second-order valence-electron chi connectivity index (χ2n) is 6.02. The van der Waals surface area contributed by atoms with Crippen molar-refractivity contribution >= 4 is 11.3 Å². The third kappa shape index (κ3) is 3.08. The zero-order chi connectivity index (χ0) is 17.4. The molecule has 2 aromatic carbocycles. The van der Waals surface area contributed by atoms with Crippen LogP contribution in [0.15, 0.2) is 48.5 Å². The molecule has 5 nitrogen and oxygen atoms in total. The summed E-state index contributed by atoms with van der Waals surface area (Å²) in [5.41, 5.74) is 4.50. The molecule has 0 aliphatic rings. The Kier molecular flexibility index (Phi) is 3.89. The molecule has 0 unspecified atom stereocenters. The Hall–Kier alpha value is -2.86. The van der Waals surface area contributed by atoms with Crippen molar-refractivity contribution in [1.82, 2.24) is 25.0 Å². The summed E-state index contributed by atoms with van der Waals surface area (Å²) in [5, 5.41) is 14.8. The highest BCUT2D eigenvalue weighted by Gasteiger charge is 2.14. The second kappa shape index (κ2) is 6.22. The lowest BCUT2D eigenvalue weighted by Crippen LogP contribution is -1.98. The van der Waals surface area contributed by atoms with Crippen LogP contribution in [0.4, 0.5) is 0 Å². The van der Waals surface area contributed by atoms with E-state index in [1.54, 1.807) is 4.68 Å². The van der Waals surface area contributed by atoms with Crippen LogP contribution in [0.1, 0.15) is 17.0 Å². The molecule has 0 saturated carbocycles. The first-order chi connectivity index (χ1) is 12.1. The van der Waals surface area contributed by atoms with E-state index >= 15 is 0 Å². The molecule has 0 radical (unpaired) electrons. The van der Waals surface area contributed by atoms with Crippen molar-refractivity contribution < 1.29 is 0 Å². The van der Waals surface area contributed by atoms with Gasteiger partial charge in [0.05, 0.1) is 0 Å². The van der Waals surface area contributed by atoms with E-state index in [-0.39, 0.29) is 0 Å². The Morgan fingerprint density at radius 1 is 0.760 bits per heavy atom. The Bertz CT molecular complexity index is 1010. The summed E-state index contributed by atoms with van der Waals surface area (Å²) < 4.78 is 1.75. The molecule has 0 bridgehead atoms. The normalized spacial score (nSPS) is 11.0. The summed E-state index contributed by atoms with van der Waals surface area (Å²) in [4.78, 5) is 4.57. The minimum atomic E-state index is 0.699. The van der Waals surface area contributed by atoms with E-state index in [1.165, 1.54) is 22.5 Å². The maximum Gasteiger partial charge on any atom is 0.234 e. The minimum Gasteiger partial charge on any atom is -0.212 e. The van der Waals surface area contributed by atoms with Crippen LogP contribution in [0, 0.1) is 20.8 Å². The van der Waals surface area contributed by atoms with Crippen LogP contribution in [0.25, 0.3) is 27.1 Å². The SMILES string of the molecule is Cc1ccc(-c2nc(C)n(-c3nnc(-c4ccc(C)cc4)s3)n2)cc1. The monoisotopic (exact) mass is 347 g/mol. The largest absolute Gasteiger partial charge is 0.234 e. The van der Waals surface area contributed by atoms with Gasteiger partial charge in [-0.15, -0.1) is 15.3 Å². The lowest BCUT2D eigenvalue weighted by atomic mass is 10.1. The van der Waals surface area contributed by atoms with Crippen molar-refractivity contribution in [2.75, 3.05) is 0 Å². The van der Waals surface area contributed by atoms with Gasteiger partial charge in [0, 0.05) is 11.1 Å². The van der Waals surface area contributed by atoms with E-state index in [0.717, 1.165) is 27.1 Å². The molecule has 25 heavy (non-hydrogen) atoms. The predicted molar refractivity (Wildman–Crippen MR) is 99.9 cm³/mol. The molecule has 0 aliphatic carbocycles. The summed E-state index contributed by atoms with van der Waals surface area (Å²) in [5.74, 6) is 1.49. The van der Waals surface area contributed by atoms with E-state index in [4.69, 9.17) is 0 Å². The molecule has 0 aliphatic heterocycles. The molecule has 0 fully saturated rings. The van der Waals surface area contributed by atoms with E-state index < -0.39 is 0 Å². The van der Waals surface area contributed by atoms with E-state index in [0.29, 0.717) is 5.82 Å². The van der Waals surface area contributed by atoms with Crippen LogP contribution in [-0.2, 0) is 0 Å². The first-order valence-electron chi connectivity index (χ1n) is 8.02. The lowest BCUT2D eigenvalue weighted by molar-refractivity contribution is 0.815. The first kappa shape index (κ1) is 15.7. The second-order valence-corrected chi connectivity index (χ2v) is 6.97. The molecule has 0 atom stereocenters. The van der Waals surface area contributed by atoms with Gasteiger partial charge < -0.3 is 0 Å². The van der Waals surface area contributed by atoms with Gasteiger partial charge in [-0.05, 0) is 20.8 Å². The third-order valence-electron chi connectivity index (χ3n) is 3.97. The molecular weight excluding hydrogens is 330 g/mol. The molecule has 4 aromatic rings. The molecule has 0 saturated heterocycles. The highest BCUT2D eigenvalue weighted by atomic mass is 32.1. The van der Waals surface area contributed by atoms with Crippen molar-refractivity contribution in [1.29, 1.82) is 0 Å². The van der Waals surface area contributed by atoms with Gasteiger partial charge in [0.25, 0.3) is 0 Å². The molecule has 0 spiro atoms. The number of hydrogen-bond donors (Lipinski definition) is 0. The third-order valence-corrected chi connectivity index (χ3v) is 4.92. The van der Waals surface area contributed by atoms with Gasteiger partial charge in [0.1, 0.15) is 10.8 Å². The van der Waals surface area contributed by atoms with Gasteiger partial charge in [-0.2, -0.15) is 4.68 Å². The number of hydrogen-bond acceptors (Lipinski definition) is 5. The average molecular weight is 347 g/mol. The van der Waals surface area contributed by atoms with Crippen LogP contribution < -0.4 is 0 Å². The number of nitrogens with zero attached hydrogens (tertiary/aromatic N) is 5. The van der Waals surface area contributed by atoms with Crippen LogP contribution in [0.5, 0.6) is 0 Å². The highest BCUT2D eigenvalue weighted by Crippen LogP contribution is 2.27. The number of rotatable bonds is 3. The summed E-state index contributed by atoms with van der Waals surface area (Å²) in [7, 11) is 0. The summed E-state index contributed by atoms with van der Waals surface area (Å²) in [6, 6.07) is 16.5. The fourth-order valence-electron chi connectivity index (χ4n) is 2.51. The number of benzene rings is 2. The lowest BCUT2D eigenvalue weighted by Gasteiger charge is -1.97. The smallest absolute Gasteiger partial charge is 0.212 e. The zero-order valence-electron chi connectivity index (χ0n) is 14.3. The van der Waals surface area contributed by atoms with Crippen molar-refractivity contribution in [2.45, 2.75) is 20.8 Å². The molecule has 4 rings (SSSR count). The van der Waals surface area contributed by atoms with Crippen molar-refractivity contribution in [2.24, 2.45) is 0 Å². The van der Waals surface area contributed by atoms with E-state index in [1.807, 2.05) is 19.1 Å². The van der Waals surface area contributed by atoms with Gasteiger partial charge in [0.2, 0.25) is 5.13 Å². The fourth-order valence-corrected chi connectivity index (χ4v) is 3.36. The van der Waals surface area contributed by atoms with Crippen molar-refractivity contribution in [3.63, 3.8) is 0 Å². The standard InChI is InChI=1S/C19H17N5S/c1-12-4-8-15(9-5-12)17-20-14(3)24(23-17)19-22-21-18(25-19)16-10-6-13(2)7-11-16/h4-11H,1-3H3. The number of aromatic nitrogens is 5. The van der Waals surface area contributed by atoms with Gasteiger partial charge in [0.15, 0.2) is 5.82 Å². The Labute approximate surface area is 150 Å². The topological polar surface area (TPSA) is 56.5 Å². The van der Waals surface area contributed by atoms with Gasteiger partial charge in [-0.25, -0.2) is 4.98 Å². The predicted octanol–water partition coefficient (Wildman–Crippen LogP) is 4.38. The van der Waals surface area contributed by atoms with E-state index in [2.05, 4.69) is 70.5 Å². The Morgan fingerprint density at radius 2 is 1.36 bits per heavy atom.